The molecule has 1 aliphatic carbocycles. The van der Waals surface area contributed by atoms with Gasteiger partial charge < -0.3 is 14.8 Å². The van der Waals surface area contributed by atoms with Crippen molar-refractivity contribution in [2.45, 2.75) is 32.2 Å². The monoisotopic (exact) mass is 249 g/mol. The molecule has 0 saturated carbocycles. The van der Waals surface area contributed by atoms with Gasteiger partial charge in [0.15, 0.2) is 0 Å². The molecule has 0 spiro atoms. The lowest BCUT2D eigenvalue weighted by molar-refractivity contribution is 0.110. The first-order valence-electron chi connectivity index (χ1n) is 6.85. The Kier molecular flexibility index (Phi) is 5.02. The minimum absolute atomic E-state index is 0.506. The largest absolute Gasteiger partial charge is 0.491 e. The smallest absolute Gasteiger partial charge is 0.119 e. The first-order valence-corrected chi connectivity index (χ1v) is 6.85. The summed E-state index contributed by atoms with van der Waals surface area (Å²) in [6.07, 6.45) is 3.64. The van der Waals surface area contributed by atoms with Gasteiger partial charge in [-0.25, -0.2) is 0 Å². The number of hydrogen-bond acceptors (Lipinski definition) is 3. The van der Waals surface area contributed by atoms with Crippen LogP contribution in [0.3, 0.4) is 0 Å². The summed E-state index contributed by atoms with van der Waals surface area (Å²) < 4.78 is 11.0. The van der Waals surface area contributed by atoms with E-state index in [-0.39, 0.29) is 0 Å². The molecule has 1 aromatic carbocycles. The van der Waals surface area contributed by atoms with E-state index in [9.17, 15) is 0 Å². The van der Waals surface area contributed by atoms with Crippen LogP contribution in [-0.2, 0) is 11.2 Å². The van der Waals surface area contributed by atoms with Crippen LogP contribution in [0.4, 0.5) is 0 Å². The van der Waals surface area contributed by atoms with Crippen LogP contribution in [0.2, 0.25) is 0 Å². The van der Waals surface area contributed by atoms with Crippen LogP contribution >= 0.6 is 0 Å². The van der Waals surface area contributed by atoms with E-state index >= 15 is 0 Å². The number of nitrogens with one attached hydrogen (secondary N) is 1. The Morgan fingerprint density at radius 1 is 1.33 bits per heavy atom. The maximum atomic E-state index is 5.70. The molecule has 0 bridgehead atoms. The molecule has 2 rings (SSSR count). The molecule has 0 aliphatic heterocycles. The van der Waals surface area contributed by atoms with Crippen LogP contribution in [0.15, 0.2) is 18.2 Å². The molecule has 0 radical (unpaired) electrons. The first-order chi connectivity index (χ1) is 8.85. The van der Waals surface area contributed by atoms with Crippen molar-refractivity contribution in [1.29, 1.82) is 0 Å². The third kappa shape index (κ3) is 3.24. The molecule has 0 fully saturated rings. The number of ether oxygens (including phenoxy) is 2. The Labute approximate surface area is 109 Å². The van der Waals surface area contributed by atoms with Crippen LogP contribution < -0.4 is 10.1 Å². The lowest BCUT2D eigenvalue weighted by atomic mass is 9.87. The van der Waals surface area contributed by atoms with Crippen molar-refractivity contribution in [1.82, 2.24) is 5.32 Å². The molecule has 1 N–H and O–H groups in total. The third-order valence-corrected chi connectivity index (χ3v) is 3.48. The van der Waals surface area contributed by atoms with E-state index in [2.05, 4.69) is 23.5 Å². The van der Waals surface area contributed by atoms with Gasteiger partial charge in [0.2, 0.25) is 0 Å². The highest BCUT2D eigenvalue weighted by molar-refractivity contribution is 5.39. The predicted octanol–water partition coefficient (Wildman–Crippen LogP) is 2.70. The van der Waals surface area contributed by atoms with Gasteiger partial charge in [0, 0.05) is 12.6 Å². The summed E-state index contributed by atoms with van der Waals surface area (Å²) in [5, 5.41) is 3.38. The topological polar surface area (TPSA) is 30.5 Å². The summed E-state index contributed by atoms with van der Waals surface area (Å²) >= 11 is 0. The Morgan fingerprint density at radius 3 is 3.00 bits per heavy atom. The standard InChI is InChI=1S/C15H23NO2/c1-3-17-9-10-18-13-7-8-14-12(11-13)5-4-6-15(14)16-2/h7-8,11,15-16H,3-6,9-10H2,1-2H3. The lowest BCUT2D eigenvalue weighted by Crippen LogP contribution is -2.21. The molecular weight excluding hydrogens is 226 g/mol. The average molecular weight is 249 g/mol. The molecule has 1 unspecified atom stereocenters. The van der Waals surface area contributed by atoms with Gasteiger partial charge in [-0.1, -0.05) is 6.07 Å². The summed E-state index contributed by atoms with van der Waals surface area (Å²) in [5.74, 6) is 0.963. The van der Waals surface area contributed by atoms with E-state index in [0.29, 0.717) is 19.3 Å². The Balaban J connectivity index is 1.98. The van der Waals surface area contributed by atoms with Crippen LogP contribution in [0.1, 0.15) is 36.9 Å². The van der Waals surface area contributed by atoms with Crippen molar-refractivity contribution in [2.75, 3.05) is 26.9 Å². The Bertz CT molecular complexity index is 379. The van der Waals surface area contributed by atoms with Gasteiger partial charge in [0.25, 0.3) is 0 Å². The van der Waals surface area contributed by atoms with Crippen molar-refractivity contribution in [3.63, 3.8) is 0 Å². The second-order valence-electron chi connectivity index (χ2n) is 4.64. The number of aryl methyl sites for hydroxylation is 1. The quantitative estimate of drug-likeness (QED) is 0.786. The Morgan fingerprint density at radius 2 is 2.22 bits per heavy atom. The van der Waals surface area contributed by atoms with Gasteiger partial charge in [-0.05, 0) is 56.5 Å². The van der Waals surface area contributed by atoms with E-state index in [1.807, 2.05) is 14.0 Å². The SMILES string of the molecule is CCOCCOc1ccc2c(c1)CCCC2NC. The third-order valence-electron chi connectivity index (χ3n) is 3.48. The van der Waals surface area contributed by atoms with E-state index < -0.39 is 0 Å². The first kappa shape index (κ1) is 13.4. The normalized spacial score (nSPS) is 18.4. The zero-order valence-electron chi connectivity index (χ0n) is 11.4. The molecule has 1 aromatic rings. The van der Waals surface area contributed by atoms with Gasteiger partial charge in [0.1, 0.15) is 12.4 Å². The molecule has 100 valence electrons. The molecule has 0 aromatic heterocycles. The van der Waals surface area contributed by atoms with Gasteiger partial charge in [-0.3, -0.25) is 0 Å². The minimum atomic E-state index is 0.506. The van der Waals surface area contributed by atoms with E-state index in [4.69, 9.17) is 9.47 Å². The number of benzene rings is 1. The fourth-order valence-electron chi connectivity index (χ4n) is 2.54. The van der Waals surface area contributed by atoms with Crippen molar-refractivity contribution in [3.05, 3.63) is 29.3 Å². The number of hydrogen-bond donors (Lipinski definition) is 1. The Hall–Kier alpha value is -1.06. The maximum absolute atomic E-state index is 5.70. The average Bonchev–Trinajstić information content (AvgIpc) is 2.42. The van der Waals surface area contributed by atoms with Gasteiger partial charge >= 0.3 is 0 Å². The number of rotatable bonds is 6. The summed E-state index contributed by atoms with van der Waals surface area (Å²) in [6, 6.07) is 6.96. The van der Waals surface area contributed by atoms with Crippen molar-refractivity contribution < 1.29 is 9.47 Å². The van der Waals surface area contributed by atoms with Gasteiger partial charge in [-0.2, -0.15) is 0 Å². The second kappa shape index (κ2) is 6.76. The zero-order chi connectivity index (χ0) is 12.8. The highest BCUT2D eigenvalue weighted by Crippen LogP contribution is 2.31. The highest BCUT2D eigenvalue weighted by Gasteiger charge is 2.18. The van der Waals surface area contributed by atoms with Crippen LogP contribution in [0, 0.1) is 0 Å². The summed E-state index contributed by atoms with van der Waals surface area (Å²) in [6.45, 7) is 4.03. The maximum Gasteiger partial charge on any atom is 0.119 e. The predicted molar refractivity (Wildman–Crippen MR) is 73.2 cm³/mol. The molecular formula is C15H23NO2. The lowest BCUT2D eigenvalue weighted by Gasteiger charge is -2.25. The molecule has 3 heteroatoms. The van der Waals surface area contributed by atoms with E-state index in [1.165, 1.54) is 24.0 Å². The molecule has 1 atom stereocenters. The molecule has 0 heterocycles. The zero-order valence-corrected chi connectivity index (χ0v) is 11.4. The van der Waals surface area contributed by atoms with Gasteiger partial charge in [-0.15, -0.1) is 0 Å². The summed E-state index contributed by atoms with van der Waals surface area (Å²) in [5.41, 5.74) is 2.86. The summed E-state index contributed by atoms with van der Waals surface area (Å²) in [4.78, 5) is 0. The molecule has 3 nitrogen and oxygen atoms in total. The fraction of sp³-hybridized carbons (Fsp3) is 0.600. The number of fused-ring (bicyclic) bond motifs is 1. The minimum Gasteiger partial charge on any atom is -0.491 e. The molecule has 18 heavy (non-hydrogen) atoms. The van der Waals surface area contributed by atoms with Gasteiger partial charge in [0.05, 0.1) is 6.61 Å². The van der Waals surface area contributed by atoms with E-state index in [0.717, 1.165) is 18.8 Å². The molecule has 1 aliphatic rings. The van der Waals surface area contributed by atoms with Crippen LogP contribution in [-0.4, -0.2) is 26.9 Å². The van der Waals surface area contributed by atoms with Crippen LogP contribution in [0.5, 0.6) is 5.75 Å². The van der Waals surface area contributed by atoms with Crippen molar-refractivity contribution >= 4 is 0 Å². The van der Waals surface area contributed by atoms with Crippen molar-refractivity contribution in [3.8, 4) is 5.75 Å². The fourth-order valence-corrected chi connectivity index (χ4v) is 2.54. The highest BCUT2D eigenvalue weighted by atomic mass is 16.5. The molecule has 0 saturated heterocycles. The van der Waals surface area contributed by atoms with Crippen LogP contribution in [0.25, 0.3) is 0 Å². The van der Waals surface area contributed by atoms with E-state index in [1.54, 1.807) is 0 Å². The van der Waals surface area contributed by atoms with Crippen molar-refractivity contribution in [2.24, 2.45) is 0 Å². The molecule has 0 amide bonds. The summed E-state index contributed by atoms with van der Waals surface area (Å²) in [7, 11) is 2.03. The second-order valence-corrected chi connectivity index (χ2v) is 4.64.